The number of carbonyl (C=O) groups excluding carboxylic acids is 1. The molecule has 0 aliphatic carbocycles. The average Bonchev–Trinajstić information content (AvgIpc) is 2.27. The number of ether oxygens (including phenoxy) is 1. The lowest BCUT2D eigenvalue weighted by atomic mass is 10.2. The van der Waals surface area contributed by atoms with Gasteiger partial charge in [-0.2, -0.15) is 13.2 Å². The Labute approximate surface area is 101 Å². The predicted octanol–water partition coefficient (Wildman–Crippen LogP) is 1.60. The fraction of sp³-hybridized carbons (Fsp3) is 0.273. The molecule has 0 amide bonds. The zero-order valence-corrected chi connectivity index (χ0v) is 9.34. The number of nitrogens with zero attached hydrogens (tertiary/aromatic N) is 1. The molecule has 0 aliphatic heterocycles. The number of nitrogens with two attached hydrogens (primary N) is 1. The first-order chi connectivity index (χ1) is 8.34. The van der Waals surface area contributed by atoms with Crippen LogP contribution in [0.2, 0.25) is 0 Å². The highest BCUT2D eigenvalue weighted by molar-refractivity contribution is 5.89. The topological polar surface area (TPSA) is 65.2 Å². The van der Waals surface area contributed by atoms with Gasteiger partial charge in [-0.15, -0.1) is 0 Å². The standard InChI is InChI=1S/C11H9F3N2O2/c1-2-18-9(17)4-3-7-5-8(11(12,13)14)10(15)16-6-7/h5-6H,2H2,1H3,(H2,15,16). The van der Waals surface area contributed by atoms with Crippen LogP contribution < -0.4 is 5.73 Å². The molecule has 1 aromatic rings. The molecule has 0 atom stereocenters. The Balaban J connectivity index is 3.03. The van der Waals surface area contributed by atoms with Crippen molar-refractivity contribution in [3.8, 4) is 11.8 Å². The quantitative estimate of drug-likeness (QED) is 0.613. The van der Waals surface area contributed by atoms with E-state index in [-0.39, 0.29) is 12.2 Å². The molecule has 0 aliphatic rings. The number of pyridine rings is 1. The molecule has 1 heterocycles. The van der Waals surface area contributed by atoms with E-state index >= 15 is 0 Å². The third kappa shape index (κ3) is 3.66. The smallest absolute Gasteiger partial charge is 0.419 e. The number of esters is 1. The molecule has 0 radical (unpaired) electrons. The van der Waals surface area contributed by atoms with Crippen molar-refractivity contribution in [2.24, 2.45) is 0 Å². The van der Waals surface area contributed by atoms with Gasteiger partial charge in [0, 0.05) is 17.7 Å². The van der Waals surface area contributed by atoms with Crippen molar-refractivity contribution >= 4 is 11.8 Å². The normalized spacial score (nSPS) is 10.4. The maximum Gasteiger partial charge on any atom is 0.419 e. The number of anilines is 1. The molecule has 0 bridgehead atoms. The van der Waals surface area contributed by atoms with Crippen LogP contribution in [0.5, 0.6) is 0 Å². The maximum absolute atomic E-state index is 12.5. The Morgan fingerprint density at radius 1 is 1.56 bits per heavy atom. The molecule has 1 rings (SSSR count). The van der Waals surface area contributed by atoms with Gasteiger partial charge in [0.2, 0.25) is 0 Å². The summed E-state index contributed by atoms with van der Waals surface area (Å²) in [6.45, 7) is 1.73. The van der Waals surface area contributed by atoms with E-state index in [0.717, 1.165) is 12.3 Å². The molecule has 0 spiro atoms. The van der Waals surface area contributed by atoms with Gasteiger partial charge in [-0.05, 0) is 13.0 Å². The number of carbonyl (C=O) groups is 1. The Bertz CT molecular complexity index is 515. The van der Waals surface area contributed by atoms with E-state index in [9.17, 15) is 18.0 Å². The number of halogens is 3. The second kappa shape index (κ2) is 5.40. The molecule has 0 unspecified atom stereocenters. The first-order valence-corrected chi connectivity index (χ1v) is 4.86. The molecule has 18 heavy (non-hydrogen) atoms. The number of hydrogen-bond donors (Lipinski definition) is 1. The summed E-state index contributed by atoms with van der Waals surface area (Å²) in [7, 11) is 0. The summed E-state index contributed by atoms with van der Waals surface area (Å²) in [5.74, 6) is 2.81. The van der Waals surface area contributed by atoms with Gasteiger partial charge >= 0.3 is 12.1 Å². The highest BCUT2D eigenvalue weighted by Gasteiger charge is 2.33. The van der Waals surface area contributed by atoms with Gasteiger partial charge in [-0.25, -0.2) is 9.78 Å². The third-order valence-electron chi connectivity index (χ3n) is 1.81. The van der Waals surface area contributed by atoms with Gasteiger partial charge in [0.15, 0.2) is 0 Å². The molecule has 1 aromatic heterocycles. The lowest BCUT2D eigenvalue weighted by Crippen LogP contribution is -2.10. The molecular formula is C11H9F3N2O2. The lowest BCUT2D eigenvalue weighted by Gasteiger charge is -2.08. The van der Waals surface area contributed by atoms with Crippen molar-refractivity contribution in [1.82, 2.24) is 4.98 Å². The summed E-state index contributed by atoms with van der Waals surface area (Å²) in [4.78, 5) is 14.3. The zero-order valence-electron chi connectivity index (χ0n) is 9.34. The second-order valence-corrected chi connectivity index (χ2v) is 3.13. The van der Waals surface area contributed by atoms with Crippen LogP contribution in [0.3, 0.4) is 0 Å². The van der Waals surface area contributed by atoms with Gasteiger partial charge in [-0.3, -0.25) is 0 Å². The second-order valence-electron chi connectivity index (χ2n) is 3.13. The van der Waals surface area contributed by atoms with Gasteiger partial charge in [0.1, 0.15) is 5.82 Å². The minimum atomic E-state index is -4.61. The Morgan fingerprint density at radius 3 is 2.78 bits per heavy atom. The van der Waals surface area contributed by atoms with Crippen LogP contribution in [-0.4, -0.2) is 17.6 Å². The number of hydrogen-bond acceptors (Lipinski definition) is 4. The van der Waals surface area contributed by atoms with Crippen LogP contribution in [0, 0.1) is 11.8 Å². The predicted molar refractivity (Wildman–Crippen MR) is 57.2 cm³/mol. The van der Waals surface area contributed by atoms with Crippen molar-refractivity contribution in [2.75, 3.05) is 12.3 Å². The third-order valence-corrected chi connectivity index (χ3v) is 1.81. The fourth-order valence-electron chi connectivity index (χ4n) is 1.06. The Hall–Kier alpha value is -2.23. The van der Waals surface area contributed by atoms with Gasteiger partial charge in [0.05, 0.1) is 12.2 Å². The first-order valence-electron chi connectivity index (χ1n) is 4.86. The average molecular weight is 258 g/mol. The van der Waals surface area contributed by atoms with E-state index in [4.69, 9.17) is 5.73 Å². The molecule has 2 N–H and O–H groups in total. The van der Waals surface area contributed by atoms with E-state index in [1.165, 1.54) is 0 Å². The molecule has 7 heteroatoms. The molecule has 0 saturated carbocycles. The molecular weight excluding hydrogens is 249 g/mol. The van der Waals surface area contributed by atoms with Gasteiger partial charge < -0.3 is 10.5 Å². The highest BCUT2D eigenvalue weighted by Crippen LogP contribution is 2.32. The number of nitrogen functional groups attached to an aromatic ring is 1. The van der Waals surface area contributed by atoms with E-state index in [1.807, 2.05) is 5.92 Å². The molecule has 0 fully saturated rings. The number of alkyl halides is 3. The monoisotopic (exact) mass is 258 g/mol. The van der Waals surface area contributed by atoms with Crippen molar-refractivity contribution in [3.63, 3.8) is 0 Å². The summed E-state index contributed by atoms with van der Waals surface area (Å²) in [5, 5.41) is 0. The minimum Gasteiger partial charge on any atom is -0.456 e. The van der Waals surface area contributed by atoms with Crippen molar-refractivity contribution in [2.45, 2.75) is 13.1 Å². The summed E-state index contributed by atoms with van der Waals surface area (Å²) in [5.41, 5.74) is 3.96. The number of aromatic nitrogens is 1. The van der Waals surface area contributed by atoms with E-state index in [0.29, 0.717) is 0 Å². The van der Waals surface area contributed by atoms with Crippen LogP contribution in [0.25, 0.3) is 0 Å². The SMILES string of the molecule is CCOC(=O)C#Cc1cnc(N)c(C(F)(F)F)c1. The van der Waals surface area contributed by atoms with Crippen LogP contribution in [0.15, 0.2) is 12.3 Å². The lowest BCUT2D eigenvalue weighted by molar-refractivity contribution is -0.137. The van der Waals surface area contributed by atoms with Gasteiger partial charge in [0.25, 0.3) is 0 Å². The molecule has 4 nitrogen and oxygen atoms in total. The van der Waals surface area contributed by atoms with Crippen LogP contribution in [0.4, 0.5) is 19.0 Å². The summed E-state index contributed by atoms with van der Waals surface area (Å²) in [6, 6.07) is 0.731. The van der Waals surface area contributed by atoms with Crippen molar-refractivity contribution in [1.29, 1.82) is 0 Å². The van der Waals surface area contributed by atoms with E-state index in [2.05, 4.69) is 15.6 Å². The highest BCUT2D eigenvalue weighted by atomic mass is 19.4. The van der Waals surface area contributed by atoms with E-state index < -0.39 is 23.5 Å². The molecule has 0 aromatic carbocycles. The zero-order chi connectivity index (χ0) is 13.8. The van der Waals surface area contributed by atoms with Crippen molar-refractivity contribution < 1.29 is 22.7 Å². The van der Waals surface area contributed by atoms with Crippen LogP contribution in [0.1, 0.15) is 18.1 Å². The summed E-state index contributed by atoms with van der Waals surface area (Å²) in [6.07, 6.45) is -3.56. The summed E-state index contributed by atoms with van der Waals surface area (Å²) >= 11 is 0. The fourth-order valence-corrected chi connectivity index (χ4v) is 1.06. The molecule has 0 saturated heterocycles. The molecule has 96 valence electrons. The minimum absolute atomic E-state index is 0.0652. The maximum atomic E-state index is 12.5. The first kappa shape index (κ1) is 13.8. The van der Waals surface area contributed by atoms with Gasteiger partial charge in [-0.1, -0.05) is 5.92 Å². The van der Waals surface area contributed by atoms with Crippen molar-refractivity contribution in [3.05, 3.63) is 23.4 Å². The van der Waals surface area contributed by atoms with E-state index in [1.54, 1.807) is 6.92 Å². The van der Waals surface area contributed by atoms with Crippen LogP contribution >= 0.6 is 0 Å². The van der Waals surface area contributed by atoms with Crippen LogP contribution in [-0.2, 0) is 15.7 Å². The number of rotatable bonds is 1. The summed E-state index contributed by atoms with van der Waals surface area (Å²) < 4.78 is 42.0. The Kier molecular flexibility index (Phi) is 4.15. The largest absolute Gasteiger partial charge is 0.456 e. The Morgan fingerprint density at radius 2 is 2.22 bits per heavy atom.